The van der Waals surface area contributed by atoms with Gasteiger partial charge in [-0.05, 0) is 45.3 Å². The zero-order valence-electron chi connectivity index (χ0n) is 13.3. The van der Waals surface area contributed by atoms with Gasteiger partial charge in [-0.1, -0.05) is 12.1 Å². The minimum Gasteiger partial charge on any atom is -0.456 e. The zero-order chi connectivity index (χ0) is 16.0. The molecule has 2 aromatic heterocycles. The Balaban J connectivity index is 2.01. The summed E-state index contributed by atoms with van der Waals surface area (Å²) >= 11 is 0. The molecule has 0 aliphatic rings. The van der Waals surface area contributed by atoms with Gasteiger partial charge in [0.15, 0.2) is 0 Å². The Bertz CT molecular complexity index is 817. The van der Waals surface area contributed by atoms with Crippen LogP contribution in [0.2, 0.25) is 0 Å². The molecule has 0 saturated carbocycles. The number of hydrogen-bond donors (Lipinski definition) is 1. The number of furan rings is 1. The number of nitrogens with zero attached hydrogens (tertiary/aromatic N) is 1. The molecule has 3 rings (SSSR count). The molecule has 0 aliphatic carbocycles. The monoisotopic (exact) mass is 296 g/mol. The van der Waals surface area contributed by atoms with Crippen molar-refractivity contribution in [1.29, 1.82) is 0 Å². The number of fused-ring (bicyclic) bond motifs is 3. The predicted octanol–water partition coefficient (Wildman–Crippen LogP) is 2.79. The van der Waals surface area contributed by atoms with E-state index in [2.05, 4.69) is 4.98 Å². The molecule has 0 amide bonds. The second-order valence-corrected chi connectivity index (χ2v) is 6.50. The Morgan fingerprint density at radius 2 is 1.91 bits per heavy atom. The van der Waals surface area contributed by atoms with Crippen LogP contribution in [-0.4, -0.2) is 28.8 Å². The molecule has 0 aliphatic heterocycles. The highest BCUT2D eigenvalue weighted by Gasteiger charge is 2.35. The molecule has 22 heavy (non-hydrogen) atoms. The molecule has 0 unspecified atom stereocenters. The fourth-order valence-electron chi connectivity index (χ4n) is 2.15. The molecule has 0 saturated heterocycles. The summed E-state index contributed by atoms with van der Waals surface area (Å²) in [6.07, 6.45) is 3.50. The largest absolute Gasteiger partial charge is 0.456 e. The summed E-state index contributed by atoms with van der Waals surface area (Å²) in [5.74, 6) is 0. The molecular weight excluding hydrogens is 277 g/mol. The van der Waals surface area contributed by atoms with Crippen molar-refractivity contribution in [2.24, 2.45) is 0 Å². The van der Waals surface area contributed by atoms with E-state index in [4.69, 9.17) is 9.07 Å². The maximum Gasteiger partial charge on any atom is 0.331 e. The van der Waals surface area contributed by atoms with Gasteiger partial charge < -0.3 is 14.2 Å². The third kappa shape index (κ3) is 2.51. The van der Waals surface area contributed by atoms with E-state index in [9.17, 15) is 5.11 Å². The van der Waals surface area contributed by atoms with Gasteiger partial charge in [0.05, 0.1) is 11.2 Å². The van der Waals surface area contributed by atoms with E-state index >= 15 is 0 Å². The maximum absolute atomic E-state index is 10.2. The number of hydrogen-bond acceptors (Lipinski definition) is 4. The summed E-state index contributed by atoms with van der Waals surface area (Å²) in [5.41, 5.74) is 0.820. The third-order valence-electron chi connectivity index (χ3n) is 4.28. The van der Waals surface area contributed by atoms with Crippen LogP contribution >= 0.6 is 0 Å². The van der Waals surface area contributed by atoms with E-state index in [-0.39, 0.29) is 0 Å². The average Bonchev–Trinajstić information content (AvgIpc) is 2.83. The second kappa shape index (κ2) is 5.11. The SMILES string of the molecule is CC(C)(O)C(C)(C)O[B]c1cccc2oc3ccncc3c12. The van der Waals surface area contributed by atoms with E-state index in [1.54, 1.807) is 33.7 Å². The van der Waals surface area contributed by atoms with Crippen molar-refractivity contribution in [2.75, 3.05) is 0 Å². The molecule has 4 nitrogen and oxygen atoms in total. The molecule has 3 aromatic rings. The quantitative estimate of drug-likeness (QED) is 0.752. The lowest BCUT2D eigenvalue weighted by molar-refractivity contribution is -0.0893. The van der Waals surface area contributed by atoms with Crippen LogP contribution in [-0.2, 0) is 4.65 Å². The fourth-order valence-corrected chi connectivity index (χ4v) is 2.15. The van der Waals surface area contributed by atoms with Crippen molar-refractivity contribution in [2.45, 2.75) is 38.9 Å². The Morgan fingerprint density at radius 1 is 1.14 bits per heavy atom. The molecule has 0 fully saturated rings. The van der Waals surface area contributed by atoms with Crippen molar-refractivity contribution >= 4 is 34.9 Å². The van der Waals surface area contributed by atoms with Crippen molar-refractivity contribution in [3.63, 3.8) is 0 Å². The summed E-state index contributed by atoms with van der Waals surface area (Å²) in [6, 6.07) is 7.66. The van der Waals surface area contributed by atoms with Crippen LogP contribution in [0.4, 0.5) is 0 Å². The summed E-state index contributed by atoms with van der Waals surface area (Å²) < 4.78 is 11.7. The third-order valence-corrected chi connectivity index (χ3v) is 4.28. The lowest BCUT2D eigenvalue weighted by Crippen LogP contribution is -2.49. The van der Waals surface area contributed by atoms with Gasteiger partial charge >= 0.3 is 7.48 Å². The van der Waals surface area contributed by atoms with E-state index in [1.807, 2.05) is 38.1 Å². The molecule has 0 bridgehead atoms. The molecule has 1 radical (unpaired) electrons. The second-order valence-electron chi connectivity index (χ2n) is 6.50. The smallest absolute Gasteiger partial charge is 0.331 e. The van der Waals surface area contributed by atoms with Crippen LogP contribution in [0.5, 0.6) is 0 Å². The number of aliphatic hydroxyl groups is 1. The first-order valence-electron chi connectivity index (χ1n) is 7.28. The van der Waals surface area contributed by atoms with Gasteiger partial charge in [0, 0.05) is 23.2 Å². The Hall–Kier alpha value is -1.85. The predicted molar refractivity (Wildman–Crippen MR) is 88.4 cm³/mol. The molecule has 2 heterocycles. The van der Waals surface area contributed by atoms with Gasteiger partial charge in [-0.3, -0.25) is 4.98 Å². The summed E-state index contributed by atoms with van der Waals surface area (Å²) in [5, 5.41) is 12.1. The topological polar surface area (TPSA) is 55.5 Å². The highest BCUT2D eigenvalue weighted by atomic mass is 16.5. The lowest BCUT2D eigenvalue weighted by atomic mass is 9.81. The number of rotatable bonds is 4. The molecule has 0 atom stereocenters. The van der Waals surface area contributed by atoms with Crippen LogP contribution in [0.3, 0.4) is 0 Å². The van der Waals surface area contributed by atoms with Gasteiger partial charge in [-0.25, -0.2) is 0 Å². The first-order chi connectivity index (χ1) is 10.3. The van der Waals surface area contributed by atoms with Gasteiger partial charge in [0.1, 0.15) is 11.2 Å². The van der Waals surface area contributed by atoms with Crippen LogP contribution in [0.1, 0.15) is 27.7 Å². The summed E-state index contributed by atoms with van der Waals surface area (Å²) in [6.45, 7) is 7.19. The average molecular weight is 296 g/mol. The minimum absolute atomic E-state index is 0.715. The van der Waals surface area contributed by atoms with Crippen LogP contribution in [0.15, 0.2) is 41.1 Å². The first kappa shape index (κ1) is 15.1. The number of aromatic nitrogens is 1. The Kier molecular flexibility index (Phi) is 3.50. The van der Waals surface area contributed by atoms with Crippen molar-refractivity contribution in [1.82, 2.24) is 4.98 Å². The lowest BCUT2D eigenvalue weighted by Gasteiger charge is -2.37. The van der Waals surface area contributed by atoms with Crippen LogP contribution in [0, 0.1) is 0 Å². The van der Waals surface area contributed by atoms with E-state index < -0.39 is 11.2 Å². The van der Waals surface area contributed by atoms with E-state index in [0.717, 1.165) is 27.4 Å². The normalized spacial score (nSPS) is 13.0. The summed E-state index contributed by atoms with van der Waals surface area (Å²) in [7, 11) is 1.68. The van der Waals surface area contributed by atoms with Gasteiger partial charge in [-0.2, -0.15) is 0 Å². The van der Waals surface area contributed by atoms with Crippen LogP contribution in [0.25, 0.3) is 21.9 Å². The Morgan fingerprint density at radius 3 is 2.64 bits per heavy atom. The van der Waals surface area contributed by atoms with Gasteiger partial charge in [0.2, 0.25) is 0 Å². The first-order valence-corrected chi connectivity index (χ1v) is 7.28. The maximum atomic E-state index is 10.2. The molecule has 113 valence electrons. The van der Waals surface area contributed by atoms with Crippen molar-refractivity contribution < 1.29 is 14.2 Å². The Labute approximate surface area is 130 Å². The molecule has 1 aromatic carbocycles. The zero-order valence-corrected chi connectivity index (χ0v) is 13.3. The van der Waals surface area contributed by atoms with Gasteiger partial charge in [0.25, 0.3) is 0 Å². The summed E-state index contributed by atoms with van der Waals surface area (Å²) in [4.78, 5) is 4.17. The molecule has 0 spiro atoms. The highest BCUT2D eigenvalue weighted by molar-refractivity contribution is 6.52. The van der Waals surface area contributed by atoms with Gasteiger partial charge in [-0.15, -0.1) is 0 Å². The van der Waals surface area contributed by atoms with Crippen molar-refractivity contribution in [3.8, 4) is 0 Å². The number of pyridine rings is 1. The van der Waals surface area contributed by atoms with E-state index in [0.29, 0.717) is 0 Å². The standard InChI is InChI=1S/C17H19BNO3/c1-16(2,20)17(3,4)22-18-12-6-5-7-14-15(12)11-10-19-9-8-13(11)21-14/h5-10,20H,1-4H3. The van der Waals surface area contributed by atoms with E-state index in [1.165, 1.54) is 0 Å². The fraction of sp³-hybridized carbons (Fsp3) is 0.353. The molecule has 1 N–H and O–H groups in total. The number of benzene rings is 1. The highest BCUT2D eigenvalue weighted by Crippen LogP contribution is 2.27. The van der Waals surface area contributed by atoms with Crippen molar-refractivity contribution in [3.05, 3.63) is 36.7 Å². The minimum atomic E-state index is -0.961. The van der Waals surface area contributed by atoms with Crippen LogP contribution < -0.4 is 5.46 Å². The molecule has 5 heteroatoms. The molecular formula is C17H19BNO3.